The van der Waals surface area contributed by atoms with Crippen LogP contribution >= 0.6 is 11.3 Å². The summed E-state index contributed by atoms with van der Waals surface area (Å²) in [4.78, 5) is 3.93. The minimum atomic E-state index is -0.611. The van der Waals surface area contributed by atoms with E-state index < -0.39 is 6.10 Å². The van der Waals surface area contributed by atoms with Crippen LogP contribution in [0.25, 0.3) is 0 Å². The van der Waals surface area contributed by atoms with E-state index in [2.05, 4.69) is 4.98 Å². The van der Waals surface area contributed by atoms with Crippen molar-refractivity contribution in [1.82, 2.24) is 4.98 Å². The maximum atomic E-state index is 9.31. The van der Waals surface area contributed by atoms with Crippen LogP contribution in [0.4, 0.5) is 0 Å². The van der Waals surface area contributed by atoms with Gasteiger partial charge < -0.3 is 10.8 Å². The molecule has 2 atom stereocenters. The van der Waals surface area contributed by atoms with E-state index in [1.165, 1.54) is 11.3 Å². The Morgan fingerprint density at radius 3 is 2.90 bits per heavy atom. The standard InChI is InChI=1S/C6H10N2OS/c1-4(7)5(9)6-8-2-3-10-6/h2-5,9H,7H2,1H3/t4-,5+/m1/s1. The molecule has 0 aromatic carbocycles. The van der Waals surface area contributed by atoms with Crippen molar-refractivity contribution in [2.45, 2.75) is 19.1 Å². The second kappa shape index (κ2) is 3.09. The third kappa shape index (κ3) is 1.53. The van der Waals surface area contributed by atoms with E-state index in [9.17, 15) is 5.11 Å². The van der Waals surface area contributed by atoms with Crippen LogP contribution in [0.2, 0.25) is 0 Å². The minimum Gasteiger partial charge on any atom is -0.384 e. The lowest BCUT2D eigenvalue weighted by Gasteiger charge is -2.09. The van der Waals surface area contributed by atoms with Crippen LogP contribution in [0.1, 0.15) is 18.0 Å². The number of thiazole rings is 1. The van der Waals surface area contributed by atoms with E-state index in [4.69, 9.17) is 5.73 Å². The molecule has 0 aliphatic rings. The highest BCUT2D eigenvalue weighted by atomic mass is 32.1. The van der Waals surface area contributed by atoms with Crippen molar-refractivity contribution in [2.24, 2.45) is 5.73 Å². The molecule has 4 heteroatoms. The lowest BCUT2D eigenvalue weighted by molar-refractivity contribution is 0.153. The number of aromatic nitrogens is 1. The van der Waals surface area contributed by atoms with Gasteiger partial charge in [-0.15, -0.1) is 11.3 Å². The summed E-state index contributed by atoms with van der Waals surface area (Å²) in [5, 5.41) is 11.8. The van der Waals surface area contributed by atoms with Crippen LogP contribution in [0.5, 0.6) is 0 Å². The molecule has 0 aliphatic heterocycles. The fourth-order valence-corrected chi connectivity index (χ4v) is 1.34. The van der Waals surface area contributed by atoms with Gasteiger partial charge in [-0.3, -0.25) is 0 Å². The fraction of sp³-hybridized carbons (Fsp3) is 0.500. The summed E-state index contributed by atoms with van der Waals surface area (Å²) in [6, 6.07) is -0.244. The molecule has 56 valence electrons. The van der Waals surface area contributed by atoms with Gasteiger partial charge in [-0.2, -0.15) is 0 Å². The Labute approximate surface area is 63.5 Å². The van der Waals surface area contributed by atoms with Gasteiger partial charge in [-0.1, -0.05) is 0 Å². The lowest BCUT2D eigenvalue weighted by Crippen LogP contribution is -2.24. The van der Waals surface area contributed by atoms with E-state index in [0.29, 0.717) is 5.01 Å². The first-order valence-corrected chi connectivity index (χ1v) is 3.93. The summed E-state index contributed by atoms with van der Waals surface area (Å²) in [6.45, 7) is 1.76. The Morgan fingerprint density at radius 2 is 2.50 bits per heavy atom. The van der Waals surface area contributed by atoms with Crippen LogP contribution in [0.15, 0.2) is 11.6 Å². The Balaban J connectivity index is 2.68. The average molecular weight is 158 g/mol. The van der Waals surface area contributed by atoms with Crippen LogP contribution in [0.3, 0.4) is 0 Å². The fourth-order valence-electron chi connectivity index (χ4n) is 0.605. The van der Waals surface area contributed by atoms with Crippen LogP contribution < -0.4 is 5.73 Å². The van der Waals surface area contributed by atoms with E-state index >= 15 is 0 Å². The largest absolute Gasteiger partial charge is 0.384 e. The van der Waals surface area contributed by atoms with Crippen molar-refractivity contribution in [1.29, 1.82) is 0 Å². The maximum absolute atomic E-state index is 9.31. The molecule has 0 aliphatic carbocycles. The molecule has 10 heavy (non-hydrogen) atoms. The van der Waals surface area contributed by atoms with Crippen molar-refractivity contribution in [2.75, 3.05) is 0 Å². The summed E-state index contributed by atoms with van der Waals surface area (Å²) in [5.74, 6) is 0. The van der Waals surface area contributed by atoms with Gasteiger partial charge in [0.1, 0.15) is 11.1 Å². The lowest BCUT2D eigenvalue weighted by atomic mass is 10.2. The van der Waals surface area contributed by atoms with Crippen molar-refractivity contribution in [3.8, 4) is 0 Å². The summed E-state index contributed by atoms with van der Waals surface area (Å²) in [5.41, 5.74) is 5.44. The Morgan fingerprint density at radius 1 is 1.80 bits per heavy atom. The molecular weight excluding hydrogens is 148 g/mol. The van der Waals surface area contributed by atoms with Gasteiger partial charge >= 0.3 is 0 Å². The smallest absolute Gasteiger partial charge is 0.123 e. The monoisotopic (exact) mass is 158 g/mol. The number of aliphatic hydroxyl groups is 1. The second-order valence-corrected chi connectivity index (χ2v) is 3.10. The summed E-state index contributed by atoms with van der Waals surface area (Å²) in [7, 11) is 0. The van der Waals surface area contributed by atoms with E-state index in [-0.39, 0.29) is 6.04 Å². The van der Waals surface area contributed by atoms with Gasteiger partial charge in [0.25, 0.3) is 0 Å². The van der Waals surface area contributed by atoms with Crippen molar-refractivity contribution >= 4 is 11.3 Å². The topological polar surface area (TPSA) is 59.1 Å². The van der Waals surface area contributed by atoms with Gasteiger partial charge in [-0.05, 0) is 6.92 Å². The van der Waals surface area contributed by atoms with Crippen LogP contribution in [-0.4, -0.2) is 16.1 Å². The second-order valence-electron chi connectivity index (χ2n) is 2.17. The van der Waals surface area contributed by atoms with Crippen LogP contribution in [0, 0.1) is 0 Å². The highest BCUT2D eigenvalue weighted by Gasteiger charge is 2.13. The number of nitrogens with zero attached hydrogens (tertiary/aromatic N) is 1. The third-order valence-electron chi connectivity index (χ3n) is 1.20. The molecule has 0 radical (unpaired) electrons. The molecule has 1 rings (SSSR count). The zero-order valence-corrected chi connectivity index (χ0v) is 6.51. The zero-order valence-electron chi connectivity index (χ0n) is 5.69. The number of hydrogen-bond donors (Lipinski definition) is 2. The first-order chi connectivity index (χ1) is 4.72. The molecule has 0 bridgehead atoms. The molecule has 1 aromatic rings. The Hall–Kier alpha value is -0.450. The van der Waals surface area contributed by atoms with Gasteiger partial charge in [0, 0.05) is 17.6 Å². The van der Waals surface area contributed by atoms with E-state index in [1.807, 2.05) is 5.38 Å². The first-order valence-electron chi connectivity index (χ1n) is 3.05. The normalized spacial score (nSPS) is 16.7. The number of rotatable bonds is 2. The SMILES string of the molecule is C[C@@H](N)[C@H](O)c1nccs1. The Bertz CT molecular complexity index is 186. The quantitative estimate of drug-likeness (QED) is 0.659. The molecule has 0 spiro atoms. The number of nitrogens with two attached hydrogens (primary N) is 1. The predicted octanol–water partition coefficient (Wildman–Crippen LogP) is 0.524. The molecule has 0 saturated heterocycles. The summed E-state index contributed by atoms with van der Waals surface area (Å²) >= 11 is 1.42. The Kier molecular flexibility index (Phi) is 2.37. The van der Waals surface area contributed by atoms with Gasteiger partial charge in [-0.25, -0.2) is 4.98 Å². The molecule has 3 nitrogen and oxygen atoms in total. The van der Waals surface area contributed by atoms with Crippen LogP contribution in [-0.2, 0) is 0 Å². The van der Waals surface area contributed by atoms with Gasteiger partial charge in [0.05, 0.1) is 0 Å². The van der Waals surface area contributed by atoms with Crippen molar-refractivity contribution in [3.63, 3.8) is 0 Å². The zero-order chi connectivity index (χ0) is 7.56. The minimum absolute atomic E-state index is 0.244. The molecule has 0 unspecified atom stereocenters. The average Bonchev–Trinajstić information content (AvgIpc) is 2.36. The number of aliphatic hydroxyl groups excluding tert-OH is 1. The third-order valence-corrected chi connectivity index (χ3v) is 2.05. The van der Waals surface area contributed by atoms with Gasteiger partial charge in [0.2, 0.25) is 0 Å². The molecule has 0 amide bonds. The molecule has 1 heterocycles. The predicted molar refractivity (Wildman–Crippen MR) is 40.7 cm³/mol. The van der Waals surface area contributed by atoms with E-state index in [1.54, 1.807) is 13.1 Å². The van der Waals surface area contributed by atoms with Gasteiger partial charge in [0.15, 0.2) is 0 Å². The van der Waals surface area contributed by atoms with Crippen molar-refractivity contribution < 1.29 is 5.11 Å². The number of hydrogen-bond acceptors (Lipinski definition) is 4. The molecule has 0 saturated carbocycles. The molecule has 1 aromatic heterocycles. The molecular formula is C6H10N2OS. The molecule has 3 N–H and O–H groups in total. The first kappa shape index (κ1) is 7.65. The highest BCUT2D eigenvalue weighted by Crippen LogP contribution is 2.16. The molecule has 0 fully saturated rings. The summed E-state index contributed by atoms with van der Waals surface area (Å²) < 4.78 is 0. The summed E-state index contributed by atoms with van der Waals surface area (Å²) in [6.07, 6.45) is 1.05. The highest BCUT2D eigenvalue weighted by molar-refractivity contribution is 7.09. The maximum Gasteiger partial charge on any atom is 0.123 e. The van der Waals surface area contributed by atoms with Crippen molar-refractivity contribution in [3.05, 3.63) is 16.6 Å². The van der Waals surface area contributed by atoms with E-state index in [0.717, 1.165) is 0 Å².